The Hall–Kier alpha value is 0.160. The molecular weight excluding hydrogens is 348 g/mol. The summed E-state index contributed by atoms with van der Waals surface area (Å²) < 4.78 is 7.27. The molecule has 1 fully saturated rings. The van der Waals surface area contributed by atoms with Crippen LogP contribution in [0.5, 0.6) is 0 Å². The highest BCUT2D eigenvalue weighted by atomic mass is 79.9. The van der Waals surface area contributed by atoms with Crippen LogP contribution in [0.3, 0.4) is 0 Å². The topological polar surface area (TPSA) is 28.4 Å². The number of hydrogen-bond donors (Lipinski definition) is 1. The second-order valence-electron chi connectivity index (χ2n) is 4.39. The fourth-order valence-corrected chi connectivity index (χ4v) is 3.04. The number of likely N-dealkylation sites (N-methyl/N-ethyl adjacent to an activating group) is 1. The summed E-state index contributed by atoms with van der Waals surface area (Å²) in [5.41, 5.74) is 0. The quantitative estimate of drug-likeness (QED) is 0.866. The first-order chi connectivity index (χ1) is 8.20. The van der Waals surface area contributed by atoms with Gasteiger partial charge in [0.25, 0.3) is 0 Å². The zero-order valence-electron chi connectivity index (χ0n) is 10.0. The molecule has 1 aromatic heterocycles. The molecule has 2 rings (SSSR count). The number of furan rings is 1. The molecule has 0 amide bonds. The average molecular weight is 366 g/mol. The summed E-state index contributed by atoms with van der Waals surface area (Å²) in [6, 6.07) is 2.70. The fourth-order valence-electron chi connectivity index (χ4n) is 2.38. The van der Waals surface area contributed by atoms with Crippen molar-refractivity contribution < 1.29 is 4.42 Å². The van der Waals surface area contributed by atoms with E-state index in [1.165, 1.54) is 19.4 Å². The normalized spacial score (nSPS) is 21.2. The van der Waals surface area contributed by atoms with Crippen molar-refractivity contribution in [3.05, 3.63) is 21.0 Å². The van der Waals surface area contributed by atoms with Crippen molar-refractivity contribution in [3.8, 4) is 0 Å². The van der Waals surface area contributed by atoms with Gasteiger partial charge in [0.15, 0.2) is 4.67 Å². The first-order valence-electron chi connectivity index (χ1n) is 6.09. The molecular formula is C12H18Br2N2O. The lowest BCUT2D eigenvalue weighted by atomic mass is 10.2. The van der Waals surface area contributed by atoms with Gasteiger partial charge in [-0.2, -0.15) is 0 Å². The van der Waals surface area contributed by atoms with E-state index in [0.717, 1.165) is 34.5 Å². The van der Waals surface area contributed by atoms with Crippen molar-refractivity contribution >= 4 is 31.9 Å². The molecule has 1 atom stereocenters. The molecule has 17 heavy (non-hydrogen) atoms. The van der Waals surface area contributed by atoms with Crippen molar-refractivity contribution in [3.63, 3.8) is 0 Å². The van der Waals surface area contributed by atoms with E-state index in [9.17, 15) is 0 Å². The maximum atomic E-state index is 5.53. The molecule has 3 nitrogen and oxygen atoms in total. The summed E-state index contributed by atoms with van der Waals surface area (Å²) in [6.07, 6.45) is 2.64. The van der Waals surface area contributed by atoms with Gasteiger partial charge in [-0.15, -0.1) is 0 Å². The van der Waals surface area contributed by atoms with Gasteiger partial charge in [0.1, 0.15) is 5.76 Å². The van der Waals surface area contributed by atoms with Gasteiger partial charge in [0.2, 0.25) is 0 Å². The van der Waals surface area contributed by atoms with E-state index < -0.39 is 0 Å². The Bertz CT molecular complexity index is 348. The molecule has 1 aliphatic rings. The van der Waals surface area contributed by atoms with Crippen LogP contribution in [-0.2, 0) is 6.54 Å². The number of likely N-dealkylation sites (tertiary alicyclic amines) is 1. The molecule has 0 radical (unpaired) electrons. The van der Waals surface area contributed by atoms with Crippen LogP contribution in [0.25, 0.3) is 0 Å². The number of nitrogens with one attached hydrogen (secondary N) is 1. The third-order valence-electron chi connectivity index (χ3n) is 3.28. The SMILES string of the molecule is CCN1CCCC1CNCc1cc(Br)c(Br)o1. The standard InChI is InChI=1S/C12H18Br2N2O/c1-2-16-5-3-4-9(16)7-15-8-10-6-11(13)12(14)17-10/h6,9,15H,2-5,7-8H2,1H3. The molecule has 2 heterocycles. The predicted molar refractivity (Wildman–Crippen MR) is 76.1 cm³/mol. The minimum atomic E-state index is 0.696. The van der Waals surface area contributed by atoms with Crippen molar-refractivity contribution in [2.45, 2.75) is 32.4 Å². The minimum absolute atomic E-state index is 0.696. The first kappa shape index (κ1) is 13.6. The molecule has 1 N–H and O–H groups in total. The van der Waals surface area contributed by atoms with Gasteiger partial charge in [0, 0.05) is 12.6 Å². The van der Waals surface area contributed by atoms with Crippen LogP contribution >= 0.6 is 31.9 Å². The highest BCUT2D eigenvalue weighted by molar-refractivity contribution is 9.13. The molecule has 0 saturated carbocycles. The Morgan fingerprint density at radius 3 is 3.00 bits per heavy atom. The summed E-state index contributed by atoms with van der Waals surface area (Å²) in [4.78, 5) is 2.54. The van der Waals surface area contributed by atoms with Gasteiger partial charge in [-0.1, -0.05) is 6.92 Å². The zero-order chi connectivity index (χ0) is 12.3. The maximum Gasteiger partial charge on any atom is 0.183 e. The number of halogens is 2. The van der Waals surface area contributed by atoms with Gasteiger partial charge in [-0.05, 0) is 63.9 Å². The van der Waals surface area contributed by atoms with E-state index in [-0.39, 0.29) is 0 Å². The number of hydrogen-bond acceptors (Lipinski definition) is 3. The largest absolute Gasteiger partial charge is 0.452 e. The molecule has 0 spiro atoms. The van der Waals surface area contributed by atoms with E-state index >= 15 is 0 Å². The van der Waals surface area contributed by atoms with Crippen molar-refractivity contribution in [1.82, 2.24) is 10.2 Å². The molecule has 0 bridgehead atoms. The number of rotatable bonds is 5. The van der Waals surface area contributed by atoms with Crippen LogP contribution in [-0.4, -0.2) is 30.6 Å². The van der Waals surface area contributed by atoms with Crippen LogP contribution < -0.4 is 5.32 Å². The summed E-state index contributed by atoms with van der Waals surface area (Å²) in [7, 11) is 0. The van der Waals surface area contributed by atoms with Gasteiger partial charge >= 0.3 is 0 Å². The van der Waals surface area contributed by atoms with Crippen molar-refractivity contribution in [2.24, 2.45) is 0 Å². The monoisotopic (exact) mass is 364 g/mol. The zero-order valence-corrected chi connectivity index (χ0v) is 13.2. The Morgan fingerprint density at radius 2 is 2.35 bits per heavy atom. The highest BCUT2D eigenvalue weighted by Crippen LogP contribution is 2.26. The first-order valence-corrected chi connectivity index (χ1v) is 7.67. The summed E-state index contributed by atoms with van der Waals surface area (Å²) in [5, 5.41) is 3.47. The molecule has 0 aromatic carbocycles. The molecule has 1 unspecified atom stereocenters. The van der Waals surface area contributed by atoms with Crippen molar-refractivity contribution in [1.29, 1.82) is 0 Å². The smallest absolute Gasteiger partial charge is 0.183 e. The van der Waals surface area contributed by atoms with Crippen LogP contribution in [0.1, 0.15) is 25.5 Å². The summed E-state index contributed by atoms with van der Waals surface area (Å²) in [6.45, 7) is 6.48. The lowest BCUT2D eigenvalue weighted by Gasteiger charge is -2.22. The third kappa shape index (κ3) is 3.56. The van der Waals surface area contributed by atoms with E-state index in [1.807, 2.05) is 6.07 Å². The lowest BCUT2D eigenvalue weighted by Crippen LogP contribution is -2.37. The molecule has 1 aliphatic heterocycles. The van der Waals surface area contributed by atoms with E-state index in [4.69, 9.17) is 4.42 Å². The van der Waals surface area contributed by atoms with E-state index in [0.29, 0.717) is 6.04 Å². The van der Waals surface area contributed by atoms with Crippen LogP contribution in [0.15, 0.2) is 19.6 Å². The van der Waals surface area contributed by atoms with Gasteiger partial charge in [0.05, 0.1) is 11.0 Å². The Labute approximate surface area is 119 Å². The van der Waals surface area contributed by atoms with E-state index in [2.05, 4.69) is 49.0 Å². The van der Waals surface area contributed by atoms with Gasteiger partial charge < -0.3 is 9.73 Å². The second-order valence-corrected chi connectivity index (χ2v) is 5.96. The van der Waals surface area contributed by atoms with Crippen LogP contribution in [0.4, 0.5) is 0 Å². The van der Waals surface area contributed by atoms with E-state index in [1.54, 1.807) is 0 Å². The second kappa shape index (κ2) is 6.36. The fraction of sp³-hybridized carbons (Fsp3) is 0.667. The molecule has 1 saturated heterocycles. The minimum Gasteiger partial charge on any atom is -0.452 e. The Balaban J connectivity index is 1.75. The van der Waals surface area contributed by atoms with Crippen molar-refractivity contribution in [2.75, 3.05) is 19.6 Å². The Kier molecular flexibility index (Phi) is 5.09. The Morgan fingerprint density at radius 1 is 1.53 bits per heavy atom. The van der Waals surface area contributed by atoms with Crippen LogP contribution in [0.2, 0.25) is 0 Å². The van der Waals surface area contributed by atoms with Gasteiger partial charge in [-0.3, -0.25) is 4.90 Å². The highest BCUT2D eigenvalue weighted by Gasteiger charge is 2.22. The lowest BCUT2D eigenvalue weighted by molar-refractivity contribution is 0.258. The van der Waals surface area contributed by atoms with Gasteiger partial charge in [-0.25, -0.2) is 0 Å². The number of nitrogens with zero attached hydrogens (tertiary/aromatic N) is 1. The maximum absolute atomic E-state index is 5.53. The molecule has 1 aromatic rings. The molecule has 96 valence electrons. The molecule has 0 aliphatic carbocycles. The summed E-state index contributed by atoms with van der Waals surface area (Å²) >= 11 is 6.76. The molecule has 5 heteroatoms. The summed E-state index contributed by atoms with van der Waals surface area (Å²) in [5.74, 6) is 0.963. The third-order valence-corrected chi connectivity index (χ3v) is 4.99. The average Bonchev–Trinajstić information content (AvgIpc) is 2.87. The predicted octanol–water partition coefficient (Wildman–Crippen LogP) is 3.38. The van der Waals surface area contributed by atoms with Crippen LogP contribution in [0, 0.1) is 0 Å².